The Kier molecular flexibility index (Phi) is 5.71. The molecule has 1 aromatic rings. The third kappa shape index (κ3) is 4.37. The second kappa shape index (κ2) is 7.18. The van der Waals surface area contributed by atoms with Crippen molar-refractivity contribution < 1.29 is 9.59 Å². The number of aryl methyl sites for hydroxylation is 1. The number of carbonyl (C=O) groups is 2. The van der Waals surface area contributed by atoms with Gasteiger partial charge in [0.1, 0.15) is 0 Å². The highest BCUT2D eigenvalue weighted by Crippen LogP contribution is 2.25. The molecule has 1 aliphatic heterocycles. The number of hydrogen-bond acceptors (Lipinski definition) is 3. The summed E-state index contributed by atoms with van der Waals surface area (Å²) in [7, 11) is 0. The largest absolute Gasteiger partial charge is 0.343 e. The summed E-state index contributed by atoms with van der Waals surface area (Å²) in [5.41, 5.74) is 2.61. The maximum Gasteiger partial charge on any atom is 0.228 e. The van der Waals surface area contributed by atoms with Crippen molar-refractivity contribution in [1.29, 1.82) is 0 Å². The van der Waals surface area contributed by atoms with Crippen LogP contribution in [-0.2, 0) is 10.3 Å². The minimum Gasteiger partial charge on any atom is -0.343 e. The number of ketones is 1. The van der Waals surface area contributed by atoms with Gasteiger partial charge < -0.3 is 9.47 Å². The van der Waals surface area contributed by atoms with E-state index in [1.54, 1.807) is 0 Å². The van der Waals surface area contributed by atoms with Gasteiger partial charge in [0.25, 0.3) is 0 Å². The van der Waals surface area contributed by atoms with Gasteiger partial charge in [0.05, 0.1) is 6.54 Å². The summed E-state index contributed by atoms with van der Waals surface area (Å²) >= 11 is 0. The summed E-state index contributed by atoms with van der Waals surface area (Å²) in [5, 5.41) is 0. The highest BCUT2D eigenvalue weighted by molar-refractivity contribution is 5.99. The molecular weight excluding hydrogens is 326 g/mol. The zero-order chi connectivity index (χ0) is 19.9. The molecule has 5 heteroatoms. The molecule has 2 rings (SSSR count). The minimum atomic E-state index is -0.345. The molecule has 1 fully saturated rings. The molecular formula is C21H35N3O2. The number of nitrogens with zero attached hydrogens (tertiary/aromatic N) is 3. The maximum atomic E-state index is 12.9. The molecule has 0 bridgehead atoms. The van der Waals surface area contributed by atoms with Gasteiger partial charge in [-0.25, -0.2) is 0 Å². The molecule has 0 aromatic carbocycles. The molecule has 2 heterocycles. The van der Waals surface area contributed by atoms with Gasteiger partial charge in [0.15, 0.2) is 5.78 Å². The van der Waals surface area contributed by atoms with Crippen LogP contribution in [0.15, 0.2) is 6.07 Å². The van der Waals surface area contributed by atoms with E-state index in [4.69, 9.17) is 0 Å². The van der Waals surface area contributed by atoms with Crippen LogP contribution in [0.1, 0.15) is 63.3 Å². The Morgan fingerprint density at radius 1 is 0.962 bits per heavy atom. The van der Waals surface area contributed by atoms with Crippen LogP contribution in [0, 0.1) is 19.3 Å². The molecule has 0 aliphatic carbocycles. The van der Waals surface area contributed by atoms with Gasteiger partial charge >= 0.3 is 0 Å². The second-order valence-electron chi connectivity index (χ2n) is 9.53. The number of piperazine rings is 1. The fourth-order valence-electron chi connectivity index (χ4n) is 3.95. The lowest BCUT2D eigenvalue weighted by Gasteiger charge is -2.37. The molecule has 0 saturated carbocycles. The molecule has 0 spiro atoms. The Balaban J connectivity index is 2.02. The van der Waals surface area contributed by atoms with Crippen molar-refractivity contribution >= 4 is 11.7 Å². The SMILES string of the molecule is Cc1cc(C(=O)CN2CCN(C(=O)C(C)(C)C)CC2)c(C)n1C(C)(C)C. The summed E-state index contributed by atoms with van der Waals surface area (Å²) in [6, 6.07) is 2.02. The lowest BCUT2D eigenvalue weighted by atomic mass is 9.94. The number of aromatic nitrogens is 1. The van der Waals surface area contributed by atoms with Crippen LogP contribution >= 0.6 is 0 Å². The zero-order valence-electron chi connectivity index (χ0n) is 17.8. The van der Waals surface area contributed by atoms with Crippen LogP contribution in [-0.4, -0.2) is 58.8 Å². The van der Waals surface area contributed by atoms with Crippen LogP contribution < -0.4 is 0 Å². The highest BCUT2D eigenvalue weighted by Gasteiger charge is 2.30. The first-order chi connectivity index (χ1) is 11.8. The molecule has 0 N–H and O–H groups in total. The first-order valence-electron chi connectivity index (χ1n) is 9.56. The van der Waals surface area contributed by atoms with E-state index in [2.05, 4.69) is 37.2 Å². The second-order valence-corrected chi connectivity index (χ2v) is 9.53. The summed E-state index contributed by atoms with van der Waals surface area (Å²) in [5.74, 6) is 0.362. The molecule has 1 amide bonds. The van der Waals surface area contributed by atoms with E-state index in [0.717, 1.165) is 30.0 Å². The number of rotatable bonds is 3. The van der Waals surface area contributed by atoms with Crippen molar-refractivity contribution in [3.63, 3.8) is 0 Å². The predicted molar refractivity (Wildman–Crippen MR) is 106 cm³/mol. The van der Waals surface area contributed by atoms with E-state index in [-0.39, 0.29) is 22.6 Å². The summed E-state index contributed by atoms with van der Waals surface area (Å²) < 4.78 is 2.24. The van der Waals surface area contributed by atoms with Crippen molar-refractivity contribution in [3.05, 3.63) is 23.0 Å². The first kappa shape index (κ1) is 20.7. The molecule has 0 unspecified atom stereocenters. The topological polar surface area (TPSA) is 45.6 Å². The van der Waals surface area contributed by atoms with Crippen LogP contribution in [0.25, 0.3) is 0 Å². The van der Waals surface area contributed by atoms with E-state index < -0.39 is 0 Å². The van der Waals surface area contributed by atoms with Gasteiger partial charge in [-0.15, -0.1) is 0 Å². The van der Waals surface area contributed by atoms with E-state index >= 15 is 0 Å². The molecule has 26 heavy (non-hydrogen) atoms. The Bertz CT molecular complexity index is 681. The smallest absolute Gasteiger partial charge is 0.228 e. The summed E-state index contributed by atoms with van der Waals surface area (Å²) in [6.07, 6.45) is 0. The van der Waals surface area contributed by atoms with Gasteiger partial charge in [-0.3, -0.25) is 14.5 Å². The number of Topliss-reactive ketones (excluding diaryl/α,β-unsaturated/α-hetero) is 1. The maximum absolute atomic E-state index is 12.9. The normalized spacial score (nSPS) is 16.8. The van der Waals surface area contributed by atoms with Crippen LogP contribution in [0.2, 0.25) is 0 Å². The lowest BCUT2D eigenvalue weighted by molar-refractivity contribution is -0.141. The average Bonchev–Trinajstić information content (AvgIpc) is 2.81. The molecule has 1 aromatic heterocycles. The van der Waals surface area contributed by atoms with E-state index in [1.165, 1.54) is 0 Å². The van der Waals surface area contributed by atoms with Crippen molar-refractivity contribution in [2.45, 2.75) is 60.9 Å². The Labute approximate surface area is 158 Å². The van der Waals surface area contributed by atoms with Crippen LogP contribution in [0.5, 0.6) is 0 Å². The zero-order valence-corrected chi connectivity index (χ0v) is 17.8. The van der Waals surface area contributed by atoms with E-state index in [9.17, 15) is 9.59 Å². The van der Waals surface area contributed by atoms with Gasteiger partial charge in [0, 0.05) is 54.1 Å². The van der Waals surface area contributed by atoms with Crippen molar-refractivity contribution in [1.82, 2.24) is 14.4 Å². The predicted octanol–water partition coefficient (Wildman–Crippen LogP) is 3.23. The third-order valence-electron chi connectivity index (χ3n) is 5.07. The third-order valence-corrected chi connectivity index (χ3v) is 5.07. The molecule has 0 atom stereocenters. The van der Waals surface area contributed by atoms with E-state index in [1.807, 2.05) is 38.7 Å². The Morgan fingerprint density at radius 2 is 1.50 bits per heavy atom. The molecule has 0 radical (unpaired) electrons. The Hall–Kier alpha value is -1.62. The quantitative estimate of drug-likeness (QED) is 0.777. The summed E-state index contributed by atoms with van der Waals surface area (Å²) in [4.78, 5) is 29.3. The fourth-order valence-corrected chi connectivity index (χ4v) is 3.95. The Morgan fingerprint density at radius 3 is 1.92 bits per heavy atom. The number of amides is 1. The standard InChI is InChI=1S/C21H35N3O2/c1-15-13-17(16(2)24(15)21(6,7)8)18(25)14-22-9-11-23(12-10-22)19(26)20(3,4)5/h13H,9-12,14H2,1-8H3. The van der Waals surface area contributed by atoms with Crippen molar-refractivity contribution in [2.75, 3.05) is 32.7 Å². The van der Waals surface area contributed by atoms with Crippen LogP contribution in [0.4, 0.5) is 0 Å². The van der Waals surface area contributed by atoms with Gasteiger partial charge in [0.2, 0.25) is 5.91 Å². The van der Waals surface area contributed by atoms with Gasteiger partial charge in [-0.1, -0.05) is 20.8 Å². The molecule has 146 valence electrons. The van der Waals surface area contributed by atoms with Gasteiger partial charge in [-0.2, -0.15) is 0 Å². The first-order valence-corrected chi connectivity index (χ1v) is 9.56. The molecule has 1 aliphatic rings. The van der Waals surface area contributed by atoms with Crippen molar-refractivity contribution in [3.8, 4) is 0 Å². The van der Waals surface area contributed by atoms with Gasteiger partial charge in [-0.05, 0) is 40.7 Å². The summed E-state index contributed by atoms with van der Waals surface area (Å²) in [6.45, 7) is 19.8. The number of hydrogen-bond donors (Lipinski definition) is 0. The van der Waals surface area contributed by atoms with E-state index in [0.29, 0.717) is 19.6 Å². The van der Waals surface area contributed by atoms with Crippen LogP contribution in [0.3, 0.4) is 0 Å². The lowest BCUT2D eigenvalue weighted by Crippen LogP contribution is -2.52. The molecule has 1 saturated heterocycles. The fraction of sp³-hybridized carbons (Fsp3) is 0.714. The highest BCUT2D eigenvalue weighted by atomic mass is 16.2. The minimum absolute atomic E-state index is 0.0361. The monoisotopic (exact) mass is 361 g/mol. The van der Waals surface area contributed by atoms with Crippen molar-refractivity contribution in [2.24, 2.45) is 5.41 Å². The number of carbonyl (C=O) groups excluding carboxylic acids is 2. The molecule has 5 nitrogen and oxygen atoms in total. The average molecular weight is 362 g/mol.